The molecule has 2 atom stereocenters. The van der Waals surface area contributed by atoms with Gasteiger partial charge in [-0.3, -0.25) is 0 Å². The highest BCUT2D eigenvalue weighted by Crippen LogP contribution is 2.37. The molecule has 1 fully saturated rings. The predicted octanol–water partition coefficient (Wildman–Crippen LogP) is 4.64. The monoisotopic (exact) mass is 182 g/mol. The second kappa shape index (κ2) is 5.67. The molecule has 0 aromatic rings. The first-order valence-electron chi connectivity index (χ1n) is 6.24. The van der Waals surface area contributed by atoms with Gasteiger partial charge in [-0.25, -0.2) is 0 Å². The van der Waals surface area contributed by atoms with E-state index in [0.29, 0.717) is 0 Å². The van der Waals surface area contributed by atoms with Crippen molar-refractivity contribution in [2.24, 2.45) is 17.8 Å². The van der Waals surface area contributed by atoms with Crippen molar-refractivity contribution in [3.05, 3.63) is 0 Å². The Morgan fingerprint density at radius 2 is 1.85 bits per heavy atom. The Kier molecular flexibility index (Phi) is 4.83. The maximum Gasteiger partial charge on any atom is -0.0386 e. The quantitative estimate of drug-likeness (QED) is 0.581. The topological polar surface area (TPSA) is 0 Å². The Balaban J connectivity index is 2.13. The lowest BCUT2D eigenvalue weighted by Crippen LogP contribution is -2.06. The second-order valence-electron chi connectivity index (χ2n) is 5.18. The van der Waals surface area contributed by atoms with Gasteiger partial charge in [0.2, 0.25) is 0 Å². The van der Waals surface area contributed by atoms with Crippen molar-refractivity contribution in [2.45, 2.75) is 65.7 Å². The largest absolute Gasteiger partial charge is 0.0651 e. The standard InChI is InChI=1S/C13H26/c1-4-12-8-6-10-13(12)9-5-7-11(2)3/h11-13H,4-10H2,1-3H3/t12-,13?/m0/s1. The van der Waals surface area contributed by atoms with Crippen molar-refractivity contribution in [3.8, 4) is 0 Å². The first kappa shape index (κ1) is 11.1. The molecule has 0 aromatic heterocycles. The molecule has 0 aromatic carbocycles. The summed E-state index contributed by atoms with van der Waals surface area (Å²) in [6, 6.07) is 0. The Labute approximate surface area is 84.1 Å². The van der Waals surface area contributed by atoms with Crippen LogP contribution in [-0.4, -0.2) is 0 Å². The van der Waals surface area contributed by atoms with E-state index >= 15 is 0 Å². The number of hydrogen-bond acceptors (Lipinski definition) is 0. The molecule has 0 spiro atoms. The third kappa shape index (κ3) is 3.70. The molecule has 0 N–H and O–H groups in total. The van der Waals surface area contributed by atoms with Crippen LogP contribution in [0.1, 0.15) is 65.7 Å². The van der Waals surface area contributed by atoms with Crippen LogP contribution in [0.3, 0.4) is 0 Å². The van der Waals surface area contributed by atoms with Crippen molar-refractivity contribution in [3.63, 3.8) is 0 Å². The fourth-order valence-corrected chi connectivity index (χ4v) is 2.82. The van der Waals surface area contributed by atoms with Crippen LogP contribution in [0.25, 0.3) is 0 Å². The Morgan fingerprint density at radius 1 is 1.15 bits per heavy atom. The minimum atomic E-state index is 0.904. The van der Waals surface area contributed by atoms with E-state index < -0.39 is 0 Å². The zero-order valence-corrected chi connectivity index (χ0v) is 9.68. The SMILES string of the molecule is CC[C@H]1CCCC1CCCC(C)C. The summed E-state index contributed by atoms with van der Waals surface area (Å²) < 4.78 is 0. The van der Waals surface area contributed by atoms with Crippen molar-refractivity contribution in [2.75, 3.05) is 0 Å². The summed E-state index contributed by atoms with van der Waals surface area (Å²) in [4.78, 5) is 0. The molecule has 0 amide bonds. The van der Waals surface area contributed by atoms with E-state index in [4.69, 9.17) is 0 Å². The molecule has 0 heterocycles. The maximum atomic E-state index is 2.37. The summed E-state index contributed by atoms with van der Waals surface area (Å²) in [7, 11) is 0. The van der Waals surface area contributed by atoms with Gasteiger partial charge in [0.15, 0.2) is 0 Å². The van der Waals surface area contributed by atoms with Gasteiger partial charge < -0.3 is 0 Å². The van der Waals surface area contributed by atoms with Crippen LogP contribution in [-0.2, 0) is 0 Å². The molecule has 0 nitrogen and oxygen atoms in total. The summed E-state index contributed by atoms with van der Waals surface area (Å²) in [5, 5.41) is 0. The van der Waals surface area contributed by atoms with Crippen LogP contribution in [0.4, 0.5) is 0 Å². The van der Waals surface area contributed by atoms with Gasteiger partial charge in [0.25, 0.3) is 0 Å². The molecular weight excluding hydrogens is 156 g/mol. The first-order chi connectivity index (χ1) is 6.24. The van der Waals surface area contributed by atoms with Gasteiger partial charge >= 0.3 is 0 Å². The summed E-state index contributed by atoms with van der Waals surface area (Å²) in [5.74, 6) is 3.07. The normalized spacial score (nSPS) is 28.6. The molecule has 1 aliphatic carbocycles. The third-order valence-electron chi connectivity index (χ3n) is 3.70. The molecule has 0 radical (unpaired) electrons. The average Bonchev–Trinajstić information content (AvgIpc) is 2.51. The van der Waals surface area contributed by atoms with E-state index in [9.17, 15) is 0 Å². The van der Waals surface area contributed by atoms with Gasteiger partial charge in [0.1, 0.15) is 0 Å². The Morgan fingerprint density at radius 3 is 2.46 bits per heavy atom. The lowest BCUT2D eigenvalue weighted by atomic mass is 9.88. The first-order valence-corrected chi connectivity index (χ1v) is 6.24. The van der Waals surface area contributed by atoms with Crippen LogP contribution in [0.5, 0.6) is 0 Å². The molecule has 1 aliphatic rings. The lowest BCUT2D eigenvalue weighted by Gasteiger charge is -2.18. The van der Waals surface area contributed by atoms with Crippen molar-refractivity contribution in [1.82, 2.24) is 0 Å². The molecular formula is C13H26. The molecule has 0 aliphatic heterocycles. The van der Waals surface area contributed by atoms with Crippen molar-refractivity contribution < 1.29 is 0 Å². The fraction of sp³-hybridized carbons (Fsp3) is 1.00. The van der Waals surface area contributed by atoms with Gasteiger partial charge in [-0.1, -0.05) is 65.7 Å². The summed E-state index contributed by atoms with van der Waals surface area (Å²) in [5.41, 5.74) is 0. The highest BCUT2D eigenvalue weighted by molar-refractivity contribution is 4.76. The van der Waals surface area contributed by atoms with E-state index in [1.807, 2.05) is 0 Å². The van der Waals surface area contributed by atoms with E-state index in [-0.39, 0.29) is 0 Å². The summed E-state index contributed by atoms with van der Waals surface area (Å²) in [6.45, 7) is 7.04. The average molecular weight is 182 g/mol. The summed E-state index contributed by atoms with van der Waals surface area (Å²) in [6.07, 6.45) is 10.4. The molecule has 0 saturated heterocycles. The zero-order valence-electron chi connectivity index (χ0n) is 9.68. The molecule has 1 rings (SSSR count). The van der Waals surface area contributed by atoms with Crippen molar-refractivity contribution in [1.29, 1.82) is 0 Å². The van der Waals surface area contributed by atoms with E-state index in [1.165, 1.54) is 44.9 Å². The minimum absolute atomic E-state index is 0.904. The molecule has 0 heteroatoms. The van der Waals surface area contributed by atoms with Gasteiger partial charge in [-0.2, -0.15) is 0 Å². The lowest BCUT2D eigenvalue weighted by molar-refractivity contribution is 0.336. The molecule has 1 unspecified atom stereocenters. The predicted molar refractivity (Wildman–Crippen MR) is 59.8 cm³/mol. The van der Waals surface area contributed by atoms with Crippen LogP contribution < -0.4 is 0 Å². The molecule has 0 bridgehead atoms. The Hall–Kier alpha value is 0. The molecule has 1 saturated carbocycles. The summed E-state index contributed by atoms with van der Waals surface area (Å²) >= 11 is 0. The number of rotatable bonds is 5. The van der Waals surface area contributed by atoms with Crippen LogP contribution in [0.15, 0.2) is 0 Å². The van der Waals surface area contributed by atoms with Gasteiger partial charge in [0.05, 0.1) is 0 Å². The minimum Gasteiger partial charge on any atom is -0.0651 e. The van der Waals surface area contributed by atoms with Crippen LogP contribution in [0, 0.1) is 17.8 Å². The highest BCUT2D eigenvalue weighted by atomic mass is 14.3. The molecule has 78 valence electrons. The van der Waals surface area contributed by atoms with Gasteiger partial charge in [0, 0.05) is 0 Å². The molecule has 13 heavy (non-hydrogen) atoms. The van der Waals surface area contributed by atoms with Gasteiger partial charge in [-0.05, 0) is 17.8 Å². The fourth-order valence-electron chi connectivity index (χ4n) is 2.82. The Bertz CT molecular complexity index is 126. The zero-order chi connectivity index (χ0) is 9.68. The maximum absolute atomic E-state index is 2.37. The second-order valence-corrected chi connectivity index (χ2v) is 5.18. The van der Waals surface area contributed by atoms with Crippen molar-refractivity contribution >= 4 is 0 Å². The van der Waals surface area contributed by atoms with E-state index in [2.05, 4.69) is 20.8 Å². The van der Waals surface area contributed by atoms with E-state index in [1.54, 1.807) is 0 Å². The van der Waals surface area contributed by atoms with Gasteiger partial charge in [-0.15, -0.1) is 0 Å². The third-order valence-corrected chi connectivity index (χ3v) is 3.70. The van der Waals surface area contributed by atoms with E-state index in [0.717, 1.165) is 17.8 Å². The highest BCUT2D eigenvalue weighted by Gasteiger charge is 2.24. The smallest absolute Gasteiger partial charge is 0.0386 e. The van der Waals surface area contributed by atoms with Crippen LogP contribution >= 0.6 is 0 Å². The number of hydrogen-bond donors (Lipinski definition) is 0. The van der Waals surface area contributed by atoms with Crippen LogP contribution in [0.2, 0.25) is 0 Å².